The molecule has 0 bridgehead atoms. The molecule has 1 aliphatic heterocycles. The molecule has 1 heterocycles. The zero-order valence-electron chi connectivity index (χ0n) is 69.6. The second-order valence-electron chi connectivity index (χ2n) is 27.2. The van der Waals surface area contributed by atoms with E-state index in [1.54, 1.807) is 0 Å². The molecular formula is C68H148O36P8Ti2. The fraction of sp³-hybridized carbons (Fsp3) is 0.985. The van der Waals surface area contributed by atoms with Gasteiger partial charge in [0.05, 0.1) is 26.4 Å². The van der Waals surface area contributed by atoms with Crippen LogP contribution in [0.4, 0.5) is 0 Å². The molecular weight excluding hydrogens is 1740 g/mol. The van der Waals surface area contributed by atoms with Gasteiger partial charge in [-0.25, -0.2) is 18.3 Å². The van der Waals surface area contributed by atoms with Gasteiger partial charge in [-0.15, -0.1) is 0 Å². The number of phosphoric ester groups is 8. The van der Waals surface area contributed by atoms with Crippen LogP contribution >= 0.6 is 62.6 Å². The zero-order valence-corrected chi connectivity index (χ0v) is 79.9. The second-order valence-corrected chi connectivity index (χ2v) is 42.5. The van der Waals surface area contributed by atoms with Crippen LogP contribution in [-0.4, -0.2) is 116 Å². The average Bonchev–Trinajstić information content (AvgIpc) is 0.791. The molecule has 114 heavy (non-hydrogen) atoms. The molecule has 0 aromatic heterocycles. The van der Waals surface area contributed by atoms with Gasteiger partial charge < -0.3 is 19.6 Å². The first-order chi connectivity index (χ1) is 54.0. The topological polar surface area (TPSA) is 507 Å². The molecule has 0 radical (unpaired) electrons. The van der Waals surface area contributed by atoms with Crippen LogP contribution in [0.5, 0.6) is 0 Å². The third kappa shape index (κ3) is 78.1. The van der Waals surface area contributed by atoms with E-state index in [1.807, 2.05) is 27.7 Å². The number of carboxylic acids is 1. The van der Waals surface area contributed by atoms with Crippen LogP contribution in [0, 0.1) is 0 Å². The summed E-state index contributed by atoms with van der Waals surface area (Å²) < 4.78 is 214. The van der Waals surface area contributed by atoms with Gasteiger partial charge in [0.1, 0.15) is 0 Å². The summed E-state index contributed by atoms with van der Waals surface area (Å²) in [6.07, 6.45) is 41.5. The summed E-state index contributed by atoms with van der Waals surface area (Å²) in [6.45, 7) is 16.0. The van der Waals surface area contributed by atoms with Crippen molar-refractivity contribution >= 4 is 68.6 Å². The van der Waals surface area contributed by atoms with E-state index in [4.69, 9.17) is 53.9 Å². The molecule has 8 unspecified atom stereocenters. The van der Waals surface area contributed by atoms with Gasteiger partial charge in [-0.1, -0.05) is 209 Å². The van der Waals surface area contributed by atoms with Gasteiger partial charge in [0.25, 0.3) is 0 Å². The third-order valence-corrected chi connectivity index (χ3v) is 29.9. The van der Waals surface area contributed by atoms with E-state index in [0.29, 0.717) is 77.4 Å². The van der Waals surface area contributed by atoms with E-state index >= 15 is 0 Å². The van der Waals surface area contributed by atoms with Crippen molar-refractivity contribution in [1.82, 2.24) is 0 Å². The number of carboxylic acid groups (broad SMARTS) is 1. The summed E-state index contributed by atoms with van der Waals surface area (Å²) in [5, 5.41) is 10.3. The van der Waals surface area contributed by atoms with Gasteiger partial charge in [0.15, 0.2) is 0 Å². The van der Waals surface area contributed by atoms with E-state index in [9.17, 15) is 86.1 Å². The van der Waals surface area contributed by atoms with Crippen molar-refractivity contribution in [1.29, 1.82) is 0 Å². The maximum atomic E-state index is 14.1. The molecule has 36 nitrogen and oxygen atoms in total. The third-order valence-electron chi connectivity index (χ3n) is 16.3. The summed E-state index contributed by atoms with van der Waals surface area (Å²) in [5.74, 6) is -6.85. The van der Waals surface area contributed by atoms with E-state index < -0.39 is 125 Å². The Kier molecular flexibility index (Phi) is 79.4. The first kappa shape index (κ1) is 120. The molecule has 0 aromatic carbocycles. The SMILES string of the molecule is CCCCCCCCOP(=O)(O)OP(=O)(O)OCCCCCCCC.CCCCCCCCOP(=O)(O)OP(=O)(O)OCCCCCCCC.CCCCCCCCOP(=O)(O)OP(=O)(OCCCCCCCC)OC([O][Ti](=[O])[OH])(OP(=O)(OCCCCCCCC)OP(=O)(O)OCCCCCCCC)C(=O)O.[O]=[Ti]1[O]CC[O]1. The van der Waals surface area contributed by atoms with Crippen molar-refractivity contribution in [2.75, 3.05) is 66.1 Å². The van der Waals surface area contributed by atoms with E-state index in [-0.39, 0.29) is 52.5 Å². The average molecular weight is 1890 g/mol. The second kappa shape index (κ2) is 75.7. The molecule has 0 aliphatic carbocycles. The Morgan fingerprint density at radius 2 is 0.474 bits per heavy atom. The van der Waals surface area contributed by atoms with Gasteiger partial charge in [-0.2, -0.15) is 8.62 Å². The fourth-order valence-corrected chi connectivity index (χ4v) is 21.7. The van der Waals surface area contributed by atoms with Crippen molar-refractivity contribution in [2.24, 2.45) is 0 Å². The van der Waals surface area contributed by atoms with Crippen LogP contribution in [0.25, 0.3) is 0 Å². The first-order valence-electron chi connectivity index (χ1n) is 41.5. The van der Waals surface area contributed by atoms with Crippen molar-refractivity contribution in [3.63, 3.8) is 0 Å². The van der Waals surface area contributed by atoms with Crippen LogP contribution in [0.15, 0.2) is 0 Å². The van der Waals surface area contributed by atoms with Gasteiger partial charge in [-0.05, 0) is 25.7 Å². The Labute approximate surface area is 695 Å². The molecule has 1 saturated heterocycles. The zero-order chi connectivity index (χ0) is 86.3. The molecule has 8 atom stereocenters. The quantitative estimate of drug-likeness (QED) is 0.0121. The van der Waals surface area contributed by atoms with Crippen LogP contribution in [-0.2, 0) is 158 Å². The number of unbranched alkanes of at least 4 members (excludes halogenated alkanes) is 40. The molecule has 8 N–H and O–H groups in total. The van der Waals surface area contributed by atoms with Crippen LogP contribution in [0.1, 0.15) is 364 Å². The van der Waals surface area contributed by atoms with Crippen LogP contribution < -0.4 is 0 Å². The van der Waals surface area contributed by atoms with Gasteiger partial charge >= 0.3 is 374 Å². The van der Waals surface area contributed by atoms with Gasteiger partial charge in [0, 0.05) is 0 Å². The number of aliphatic carboxylic acids is 1. The summed E-state index contributed by atoms with van der Waals surface area (Å²) in [7, 11) is -40.8. The molecule has 0 amide bonds. The van der Waals surface area contributed by atoms with Gasteiger partial charge in [0.2, 0.25) is 0 Å². The normalized spacial score (nSPS) is 17.1. The molecule has 1 fully saturated rings. The number of phosphoric acid groups is 8. The number of rotatable bonds is 79. The van der Waals surface area contributed by atoms with Crippen LogP contribution in [0.3, 0.4) is 0 Å². The monoisotopic (exact) mass is 1880 g/mol. The molecule has 1 aliphatic rings. The number of hydrogen-bond donors (Lipinski definition) is 8. The molecule has 1 rings (SSSR count). The fourth-order valence-electron chi connectivity index (χ4n) is 10.2. The summed E-state index contributed by atoms with van der Waals surface area (Å²) in [4.78, 5) is 71.9. The minimum absolute atomic E-state index is 0.0112. The Balaban J connectivity index is -0.00000179. The van der Waals surface area contributed by atoms with E-state index in [1.165, 1.54) is 25.7 Å². The van der Waals surface area contributed by atoms with Crippen LogP contribution in [0.2, 0.25) is 0 Å². The molecule has 46 heteroatoms. The summed E-state index contributed by atoms with van der Waals surface area (Å²) >= 11 is -7.81. The van der Waals surface area contributed by atoms with Crippen molar-refractivity contribution < 1.29 is 196 Å². The van der Waals surface area contributed by atoms with Crippen molar-refractivity contribution in [3.05, 3.63) is 0 Å². The first-order valence-corrected chi connectivity index (χ1v) is 57.3. The molecule has 0 spiro atoms. The predicted octanol–water partition coefficient (Wildman–Crippen LogP) is 23.3. The Morgan fingerprint density at radius 1 is 0.307 bits per heavy atom. The summed E-state index contributed by atoms with van der Waals surface area (Å²) in [5.41, 5.74) is 0. The van der Waals surface area contributed by atoms with E-state index in [0.717, 1.165) is 205 Å². The number of carbonyl (C=O) groups is 1. The Bertz CT molecular complexity index is 2540. The molecule has 0 aromatic rings. The minimum atomic E-state index is -5.81. The van der Waals surface area contributed by atoms with Crippen molar-refractivity contribution in [3.8, 4) is 0 Å². The van der Waals surface area contributed by atoms with Gasteiger partial charge in [-0.3, -0.25) is 18.1 Å². The summed E-state index contributed by atoms with van der Waals surface area (Å²) in [6, 6.07) is 0. The molecule has 684 valence electrons. The standard InChI is InChI=1S/C34H71O17P4.2C16H36O7P2.C2H4O2.H2O.2O.2Ti/c1-5-9-13-17-21-25-29-44-52(38,39)50-54(42,46-31-27-23-19-15-11-7-3)48-34(37,33(35)36)49-55(43,47-32-28-24-20-16-12-8-4)51-53(40,41)45-30-26-22-18-14-10-6-2;2*1-3-5-7-9-11-13-15-21-24(17,18)23-25(19,20)22-16-14-12-10-8-6-4-2;3-1-2-4;;;;;/h5-32H2,1-4H3,(H,35,36)(H,38,39)(H,40,41);2*3-16H2,1-2H3,(H,17,18)(H,19,20);1-2H2;1H2;;;;/q-1;;;-2;;;;2*+2/p-1. The molecule has 0 saturated carbocycles. The van der Waals surface area contributed by atoms with Crippen molar-refractivity contribution in [2.45, 2.75) is 370 Å². The Morgan fingerprint density at radius 3 is 0.632 bits per heavy atom. The number of hydrogen-bond acceptors (Lipinski definition) is 28. The van der Waals surface area contributed by atoms with E-state index in [2.05, 4.69) is 46.3 Å². The maximum absolute atomic E-state index is 14.1. The predicted molar refractivity (Wildman–Crippen MR) is 422 cm³/mol. The Hall–Kier alpha value is 1.38.